The summed E-state index contributed by atoms with van der Waals surface area (Å²) in [4.78, 5) is 18.7. The first-order valence-electron chi connectivity index (χ1n) is 7.09. The molecule has 2 N–H and O–H groups in total. The molecule has 0 spiro atoms. The standard InChI is InChI=1S/C15H23N3O3/c1-10-5-11(6-13(16-4)17-10)14(20)18-7-12(8-19)21-15(2,3)9-18/h5-6,12,19H,7-9H2,1-4H3,(H,16,17). The molecular weight excluding hydrogens is 270 g/mol. The third-order valence-electron chi connectivity index (χ3n) is 3.43. The Hall–Kier alpha value is -1.66. The van der Waals surface area contributed by atoms with Crippen molar-refractivity contribution in [3.05, 3.63) is 23.4 Å². The Morgan fingerprint density at radius 1 is 1.57 bits per heavy atom. The van der Waals surface area contributed by atoms with Crippen LogP contribution in [0, 0.1) is 6.92 Å². The number of anilines is 1. The topological polar surface area (TPSA) is 74.7 Å². The van der Waals surface area contributed by atoms with Gasteiger partial charge in [-0.3, -0.25) is 4.79 Å². The normalized spacial score (nSPS) is 21.2. The second kappa shape index (κ2) is 5.99. The van der Waals surface area contributed by atoms with Crippen LogP contribution < -0.4 is 5.32 Å². The maximum Gasteiger partial charge on any atom is 0.254 e. The number of nitrogens with one attached hydrogen (secondary N) is 1. The first kappa shape index (κ1) is 15.7. The van der Waals surface area contributed by atoms with Crippen molar-refractivity contribution in [2.45, 2.75) is 32.5 Å². The maximum atomic E-state index is 12.7. The third-order valence-corrected chi connectivity index (χ3v) is 3.43. The average molecular weight is 293 g/mol. The summed E-state index contributed by atoms with van der Waals surface area (Å²) in [7, 11) is 1.77. The van der Waals surface area contributed by atoms with Gasteiger partial charge in [-0.25, -0.2) is 4.98 Å². The van der Waals surface area contributed by atoms with Crippen molar-refractivity contribution in [2.75, 3.05) is 32.1 Å². The van der Waals surface area contributed by atoms with Gasteiger partial charge in [0.25, 0.3) is 5.91 Å². The molecule has 0 saturated carbocycles. The molecule has 0 radical (unpaired) electrons. The van der Waals surface area contributed by atoms with E-state index < -0.39 is 5.60 Å². The summed E-state index contributed by atoms with van der Waals surface area (Å²) in [5, 5.41) is 12.3. The molecule has 6 nitrogen and oxygen atoms in total. The lowest BCUT2D eigenvalue weighted by Gasteiger charge is -2.42. The van der Waals surface area contributed by atoms with Gasteiger partial charge in [0.05, 0.1) is 18.3 Å². The molecule has 116 valence electrons. The molecule has 1 aromatic rings. The lowest BCUT2D eigenvalue weighted by Crippen LogP contribution is -2.55. The highest BCUT2D eigenvalue weighted by Gasteiger charge is 2.35. The number of aryl methyl sites for hydroxylation is 1. The van der Waals surface area contributed by atoms with Crippen molar-refractivity contribution < 1.29 is 14.6 Å². The van der Waals surface area contributed by atoms with Crippen molar-refractivity contribution in [1.29, 1.82) is 0 Å². The molecule has 21 heavy (non-hydrogen) atoms. The Morgan fingerprint density at radius 2 is 2.29 bits per heavy atom. The van der Waals surface area contributed by atoms with Crippen LogP contribution in [0.25, 0.3) is 0 Å². The molecule has 0 aromatic carbocycles. The Labute approximate surface area is 125 Å². The van der Waals surface area contributed by atoms with Gasteiger partial charge in [0.15, 0.2) is 0 Å². The summed E-state index contributed by atoms with van der Waals surface area (Å²) in [6, 6.07) is 3.52. The number of nitrogens with zero attached hydrogens (tertiary/aromatic N) is 2. The van der Waals surface area contributed by atoms with Gasteiger partial charge in [-0.1, -0.05) is 0 Å². The Bertz CT molecular complexity index is 531. The number of carbonyl (C=O) groups excluding carboxylic acids is 1. The van der Waals surface area contributed by atoms with Crippen LogP contribution in [0.1, 0.15) is 29.9 Å². The fourth-order valence-corrected chi connectivity index (χ4v) is 2.65. The molecule has 1 unspecified atom stereocenters. The highest BCUT2D eigenvalue weighted by molar-refractivity contribution is 5.95. The third kappa shape index (κ3) is 3.71. The quantitative estimate of drug-likeness (QED) is 0.871. The zero-order valence-electron chi connectivity index (χ0n) is 13.0. The van der Waals surface area contributed by atoms with Gasteiger partial charge in [-0.2, -0.15) is 0 Å². The van der Waals surface area contributed by atoms with Gasteiger partial charge in [-0.15, -0.1) is 0 Å². The van der Waals surface area contributed by atoms with E-state index in [-0.39, 0.29) is 18.6 Å². The summed E-state index contributed by atoms with van der Waals surface area (Å²) in [6.07, 6.45) is -0.343. The summed E-state index contributed by atoms with van der Waals surface area (Å²) in [6.45, 7) is 6.51. The number of aliphatic hydroxyl groups is 1. The van der Waals surface area contributed by atoms with E-state index in [2.05, 4.69) is 10.3 Å². The highest BCUT2D eigenvalue weighted by atomic mass is 16.5. The molecule has 1 aliphatic rings. The number of hydrogen-bond donors (Lipinski definition) is 2. The molecule has 1 atom stereocenters. The number of pyridine rings is 1. The Balaban J connectivity index is 2.24. The number of amides is 1. The fourth-order valence-electron chi connectivity index (χ4n) is 2.65. The number of aliphatic hydroxyl groups excluding tert-OH is 1. The molecule has 1 saturated heterocycles. The molecule has 1 amide bonds. The predicted molar refractivity (Wildman–Crippen MR) is 80.5 cm³/mol. The molecule has 0 bridgehead atoms. The number of aromatic nitrogens is 1. The van der Waals surface area contributed by atoms with Crippen LogP contribution >= 0.6 is 0 Å². The molecule has 1 aromatic heterocycles. The number of ether oxygens (including phenoxy) is 1. The van der Waals surface area contributed by atoms with Gasteiger partial charge in [-0.05, 0) is 32.9 Å². The first-order chi connectivity index (χ1) is 9.84. The van der Waals surface area contributed by atoms with Crippen LogP contribution in [0.3, 0.4) is 0 Å². The second-order valence-electron chi connectivity index (χ2n) is 6.00. The Morgan fingerprint density at radius 3 is 2.90 bits per heavy atom. The van der Waals surface area contributed by atoms with E-state index in [1.165, 1.54) is 0 Å². The van der Waals surface area contributed by atoms with Crippen molar-refractivity contribution in [3.63, 3.8) is 0 Å². The van der Waals surface area contributed by atoms with Gasteiger partial charge < -0.3 is 20.1 Å². The van der Waals surface area contributed by atoms with E-state index in [0.29, 0.717) is 24.5 Å². The summed E-state index contributed by atoms with van der Waals surface area (Å²) >= 11 is 0. The largest absolute Gasteiger partial charge is 0.394 e. The highest BCUT2D eigenvalue weighted by Crippen LogP contribution is 2.23. The molecule has 2 rings (SSSR count). The molecule has 2 heterocycles. The van der Waals surface area contributed by atoms with Crippen LogP contribution in [-0.4, -0.2) is 59.3 Å². The lowest BCUT2D eigenvalue weighted by atomic mass is 10.0. The Kier molecular flexibility index (Phi) is 4.49. The van der Waals surface area contributed by atoms with Crippen molar-refractivity contribution >= 4 is 11.7 Å². The molecule has 1 aliphatic heterocycles. The summed E-state index contributed by atoms with van der Waals surface area (Å²) in [5.41, 5.74) is 0.924. The van der Waals surface area contributed by atoms with Gasteiger partial charge in [0.1, 0.15) is 5.82 Å². The summed E-state index contributed by atoms with van der Waals surface area (Å²) in [5.74, 6) is 0.608. The van der Waals surface area contributed by atoms with Gasteiger partial charge in [0.2, 0.25) is 0 Å². The van der Waals surface area contributed by atoms with E-state index >= 15 is 0 Å². The average Bonchev–Trinajstić information content (AvgIpc) is 2.43. The molecule has 6 heteroatoms. The lowest BCUT2D eigenvalue weighted by molar-refractivity contribution is -0.139. The van der Waals surface area contributed by atoms with E-state index in [1.54, 1.807) is 24.1 Å². The van der Waals surface area contributed by atoms with Gasteiger partial charge >= 0.3 is 0 Å². The smallest absolute Gasteiger partial charge is 0.254 e. The van der Waals surface area contributed by atoms with Gasteiger partial charge in [0, 0.05) is 31.4 Å². The number of hydrogen-bond acceptors (Lipinski definition) is 5. The second-order valence-corrected chi connectivity index (χ2v) is 6.00. The van der Waals surface area contributed by atoms with Crippen LogP contribution in [0.2, 0.25) is 0 Å². The van der Waals surface area contributed by atoms with Crippen molar-refractivity contribution in [3.8, 4) is 0 Å². The van der Waals surface area contributed by atoms with Crippen LogP contribution in [0.4, 0.5) is 5.82 Å². The van der Waals surface area contributed by atoms with Crippen molar-refractivity contribution in [1.82, 2.24) is 9.88 Å². The van der Waals surface area contributed by atoms with E-state index in [4.69, 9.17) is 4.74 Å². The van der Waals surface area contributed by atoms with E-state index in [0.717, 1.165) is 5.69 Å². The maximum absolute atomic E-state index is 12.7. The number of morpholine rings is 1. The van der Waals surface area contributed by atoms with Crippen LogP contribution in [0.15, 0.2) is 12.1 Å². The molecule has 1 fully saturated rings. The molecule has 0 aliphatic carbocycles. The van der Waals surface area contributed by atoms with Crippen molar-refractivity contribution in [2.24, 2.45) is 0 Å². The monoisotopic (exact) mass is 293 g/mol. The zero-order valence-corrected chi connectivity index (χ0v) is 13.0. The van der Waals surface area contributed by atoms with E-state index in [1.807, 2.05) is 20.8 Å². The minimum atomic E-state index is -0.463. The van der Waals surface area contributed by atoms with Crippen LogP contribution in [0.5, 0.6) is 0 Å². The zero-order chi connectivity index (χ0) is 15.6. The minimum Gasteiger partial charge on any atom is -0.394 e. The number of carbonyl (C=O) groups is 1. The van der Waals surface area contributed by atoms with Crippen LogP contribution in [-0.2, 0) is 4.74 Å². The predicted octanol–water partition coefficient (Wildman–Crippen LogP) is 1.04. The minimum absolute atomic E-state index is 0.0631. The first-order valence-corrected chi connectivity index (χ1v) is 7.09. The SMILES string of the molecule is CNc1cc(C(=O)N2CC(CO)OC(C)(C)C2)cc(C)n1. The number of rotatable bonds is 3. The van der Waals surface area contributed by atoms with E-state index in [9.17, 15) is 9.90 Å². The summed E-state index contributed by atoms with van der Waals surface area (Å²) < 4.78 is 5.74. The molecular formula is C15H23N3O3. The fraction of sp³-hybridized carbons (Fsp3) is 0.600.